The van der Waals surface area contributed by atoms with Crippen LogP contribution in [0.15, 0.2) is 72.4 Å². The van der Waals surface area contributed by atoms with Crippen LogP contribution in [0, 0.1) is 0 Å². The van der Waals surface area contributed by atoms with Crippen molar-refractivity contribution in [3.63, 3.8) is 0 Å². The molecule has 1 atom stereocenters. The van der Waals surface area contributed by atoms with Crippen molar-refractivity contribution in [2.24, 2.45) is 0 Å². The minimum Gasteiger partial charge on any atom is -0.507 e. The molecule has 1 aromatic heterocycles. The van der Waals surface area contributed by atoms with Crippen molar-refractivity contribution in [2.75, 3.05) is 14.2 Å². The van der Waals surface area contributed by atoms with Crippen molar-refractivity contribution in [1.82, 2.24) is 9.88 Å². The number of likely N-dealkylation sites (tertiary alicyclic amines) is 1. The third-order valence-electron chi connectivity index (χ3n) is 5.78. The Hall–Kier alpha value is -4.34. The summed E-state index contributed by atoms with van der Waals surface area (Å²) in [6.07, 6.45) is -3.12. The molecule has 0 saturated carbocycles. The number of rotatable bonds is 6. The van der Waals surface area contributed by atoms with Crippen molar-refractivity contribution in [3.8, 4) is 11.5 Å². The Morgan fingerprint density at radius 3 is 2.44 bits per heavy atom. The van der Waals surface area contributed by atoms with E-state index in [1.807, 2.05) is 0 Å². The molecule has 1 saturated heterocycles. The van der Waals surface area contributed by atoms with Crippen LogP contribution in [-0.4, -0.2) is 40.9 Å². The van der Waals surface area contributed by atoms with Crippen LogP contribution < -0.4 is 9.47 Å². The molecule has 7 nitrogen and oxygen atoms in total. The first-order valence-electron chi connectivity index (χ1n) is 10.7. The van der Waals surface area contributed by atoms with Gasteiger partial charge in [-0.15, -0.1) is 0 Å². The SMILES string of the molecule is COc1ccc(/C(O)=C2/C(=O)C(=O)N(Cc3cccc(C(F)(F)F)c3)C2c2ccccn2)c(OC)c1. The molecule has 1 unspecified atom stereocenters. The van der Waals surface area contributed by atoms with Gasteiger partial charge < -0.3 is 19.5 Å². The van der Waals surface area contributed by atoms with Crippen LogP contribution >= 0.6 is 0 Å². The largest absolute Gasteiger partial charge is 0.507 e. The number of nitrogens with zero attached hydrogens (tertiary/aromatic N) is 2. The van der Waals surface area contributed by atoms with Crippen LogP contribution in [0.25, 0.3) is 5.76 Å². The Morgan fingerprint density at radius 2 is 1.81 bits per heavy atom. The number of alkyl halides is 3. The maximum absolute atomic E-state index is 13.2. The number of ketones is 1. The number of aliphatic hydroxyl groups is 1. The molecular formula is C26H21F3N2O5. The number of hydrogen-bond acceptors (Lipinski definition) is 6. The van der Waals surface area contributed by atoms with Gasteiger partial charge in [-0.25, -0.2) is 0 Å². The highest BCUT2D eigenvalue weighted by Gasteiger charge is 2.47. The number of carbonyl (C=O) groups excluding carboxylic acids is 2. The highest BCUT2D eigenvalue weighted by atomic mass is 19.4. The fourth-order valence-electron chi connectivity index (χ4n) is 4.07. The van der Waals surface area contributed by atoms with Gasteiger partial charge in [-0.2, -0.15) is 13.2 Å². The molecule has 1 fully saturated rings. The lowest BCUT2D eigenvalue weighted by Crippen LogP contribution is -2.29. The summed E-state index contributed by atoms with van der Waals surface area (Å²) in [5.74, 6) is -1.84. The number of aromatic nitrogens is 1. The van der Waals surface area contributed by atoms with Crippen LogP contribution in [0.4, 0.5) is 13.2 Å². The van der Waals surface area contributed by atoms with E-state index in [-0.39, 0.29) is 34.7 Å². The summed E-state index contributed by atoms with van der Waals surface area (Å²) in [5, 5.41) is 11.2. The van der Waals surface area contributed by atoms with Crippen LogP contribution in [0.2, 0.25) is 0 Å². The average Bonchev–Trinajstić information content (AvgIpc) is 3.13. The molecule has 0 bridgehead atoms. The Kier molecular flexibility index (Phi) is 6.69. The van der Waals surface area contributed by atoms with Gasteiger partial charge in [0.25, 0.3) is 11.7 Å². The highest BCUT2D eigenvalue weighted by molar-refractivity contribution is 6.46. The topological polar surface area (TPSA) is 89.0 Å². The van der Waals surface area contributed by atoms with E-state index in [4.69, 9.17) is 9.47 Å². The van der Waals surface area contributed by atoms with E-state index in [9.17, 15) is 27.9 Å². The van der Waals surface area contributed by atoms with Gasteiger partial charge in [-0.05, 0) is 42.0 Å². The molecule has 1 aliphatic heterocycles. The molecular weight excluding hydrogens is 477 g/mol. The monoisotopic (exact) mass is 498 g/mol. The molecule has 2 heterocycles. The molecule has 1 aliphatic rings. The Bertz CT molecular complexity index is 1340. The van der Waals surface area contributed by atoms with Crippen LogP contribution in [0.3, 0.4) is 0 Å². The van der Waals surface area contributed by atoms with Gasteiger partial charge in [0, 0.05) is 18.8 Å². The maximum Gasteiger partial charge on any atom is 0.416 e. The summed E-state index contributed by atoms with van der Waals surface area (Å²) in [4.78, 5) is 31.6. The number of benzene rings is 2. The third kappa shape index (κ3) is 4.61. The van der Waals surface area contributed by atoms with E-state index in [0.29, 0.717) is 5.75 Å². The molecule has 1 amide bonds. The van der Waals surface area contributed by atoms with Gasteiger partial charge in [0.1, 0.15) is 23.3 Å². The number of methoxy groups -OCH3 is 2. The summed E-state index contributed by atoms with van der Waals surface area (Å²) >= 11 is 0. The second kappa shape index (κ2) is 9.73. The molecule has 36 heavy (non-hydrogen) atoms. The lowest BCUT2D eigenvalue weighted by molar-refractivity contribution is -0.140. The zero-order valence-electron chi connectivity index (χ0n) is 19.2. The standard InChI is InChI=1S/C26H21F3N2O5/c1-35-17-9-10-18(20(13-17)36-2)23(32)21-22(19-8-3-4-11-30-19)31(25(34)24(21)33)14-15-6-5-7-16(12-15)26(27,28)29/h3-13,22,32H,14H2,1-2H3/b23-21-. The summed E-state index contributed by atoms with van der Waals surface area (Å²) in [5.41, 5.74) is -0.577. The second-order valence-corrected chi connectivity index (χ2v) is 7.95. The van der Waals surface area contributed by atoms with Crippen molar-refractivity contribution in [2.45, 2.75) is 18.8 Å². The van der Waals surface area contributed by atoms with Gasteiger partial charge in [-0.1, -0.05) is 18.2 Å². The number of pyridine rings is 1. The number of halogens is 3. The molecule has 10 heteroatoms. The fraction of sp³-hybridized carbons (Fsp3) is 0.192. The van der Waals surface area contributed by atoms with E-state index >= 15 is 0 Å². The lowest BCUT2D eigenvalue weighted by atomic mass is 9.97. The zero-order valence-corrected chi connectivity index (χ0v) is 19.2. The number of ether oxygens (including phenoxy) is 2. The quantitative estimate of drug-likeness (QED) is 0.300. The molecule has 4 rings (SSSR count). The fourth-order valence-corrected chi connectivity index (χ4v) is 4.07. The number of carbonyl (C=O) groups is 2. The predicted octanol–water partition coefficient (Wildman–Crippen LogP) is 4.74. The van der Waals surface area contributed by atoms with E-state index in [0.717, 1.165) is 17.0 Å². The predicted molar refractivity (Wildman–Crippen MR) is 123 cm³/mol. The van der Waals surface area contributed by atoms with E-state index < -0.39 is 35.2 Å². The number of amides is 1. The first-order valence-corrected chi connectivity index (χ1v) is 10.7. The van der Waals surface area contributed by atoms with E-state index in [1.54, 1.807) is 24.3 Å². The van der Waals surface area contributed by atoms with Crippen molar-refractivity contribution in [3.05, 3.63) is 94.8 Å². The third-order valence-corrected chi connectivity index (χ3v) is 5.78. The van der Waals surface area contributed by atoms with Gasteiger partial charge in [0.05, 0.1) is 36.6 Å². The molecule has 0 radical (unpaired) electrons. The molecule has 186 valence electrons. The highest BCUT2D eigenvalue weighted by Crippen LogP contribution is 2.42. The van der Waals surface area contributed by atoms with E-state index in [1.165, 1.54) is 44.7 Å². The zero-order chi connectivity index (χ0) is 26.0. The number of hydrogen-bond donors (Lipinski definition) is 1. The minimum atomic E-state index is -4.57. The first-order chi connectivity index (χ1) is 17.2. The average molecular weight is 498 g/mol. The van der Waals surface area contributed by atoms with Crippen LogP contribution in [0.1, 0.15) is 28.4 Å². The van der Waals surface area contributed by atoms with Gasteiger partial charge >= 0.3 is 6.18 Å². The summed E-state index contributed by atoms with van der Waals surface area (Å²) in [7, 11) is 2.82. The summed E-state index contributed by atoms with van der Waals surface area (Å²) < 4.78 is 50.2. The Labute approximate surface area is 204 Å². The Morgan fingerprint density at radius 1 is 1.03 bits per heavy atom. The summed E-state index contributed by atoms with van der Waals surface area (Å²) in [6, 6.07) is 12.7. The van der Waals surface area contributed by atoms with Crippen molar-refractivity contribution >= 4 is 17.4 Å². The second-order valence-electron chi connectivity index (χ2n) is 7.95. The van der Waals surface area contributed by atoms with Gasteiger partial charge in [0.15, 0.2) is 0 Å². The molecule has 3 aromatic rings. The lowest BCUT2D eigenvalue weighted by Gasteiger charge is -2.25. The number of aliphatic hydroxyl groups excluding tert-OH is 1. The van der Waals surface area contributed by atoms with Gasteiger partial charge in [-0.3, -0.25) is 14.6 Å². The maximum atomic E-state index is 13.2. The molecule has 0 spiro atoms. The van der Waals surface area contributed by atoms with Crippen LogP contribution in [-0.2, 0) is 22.3 Å². The van der Waals surface area contributed by atoms with Crippen LogP contribution in [0.5, 0.6) is 11.5 Å². The van der Waals surface area contributed by atoms with Gasteiger partial charge in [0.2, 0.25) is 0 Å². The molecule has 1 N–H and O–H groups in total. The number of Topliss-reactive ketones (excluding diaryl/α,β-unsaturated/α-hetero) is 1. The minimum absolute atomic E-state index is 0.135. The normalized spacial score (nSPS) is 17.4. The smallest absolute Gasteiger partial charge is 0.416 e. The Balaban J connectivity index is 1.85. The summed E-state index contributed by atoms with van der Waals surface area (Å²) in [6.45, 7) is -0.313. The molecule has 0 aliphatic carbocycles. The first kappa shape index (κ1) is 24.8. The van der Waals surface area contributed by atoms with E-state index in [2.05, 4.69) is 4.98 Å². The molecule has 2 aromatic carbocycles. The van der Waals surface area contributed by atoms with Crippen molar-refractivity contribution < 1.29 is 37.3 Å². The van der Waals surface area contributed by atoms with Crippen molar-refractivity contribution in [1.29, 1.82) is 0 Å².